The van der Waals surface area contributed by atoms with Gasteiger partial charge in [-0.1, -0.05) is 20.8 Å². The smallest absolute Gasteiger partial charge is 0.191 e. The van der Waals surface area contributed by atoms with Crippen molar-refractivity contribution in [2.45, 2.75) is 65.5 Å². The summed E-state index contributed by atoms with van der Waals surface area (Å²) in [5.41, 5.74) is 0. The Balaban J connectivity index is 1.68. The van der Waals surface area contributed by atoms with E-state index in [4.69, 9.17) is 0 Å². The maximum absolute atomic E-state index is 4.45. The first-order valence-electron chi connectivity index (χ1n) is 10.5. The molecule has 1 heterocycles. The Labute approximate surface area is 155 Å². The van der Waals surface area contributed by atoms with E-state index in [2.05, 4.69) is 53.1 Å². The average Bonchev–Trinajstić information content (AvgIpc) is 2.65. The second-order valence-electron chi connectivity index (χ2n) is 8.27. The third-order valence-electron chi connectivity index (χ3n) is 6.32. The third-order valence-corrected chi connectivity index (χ3v) is 6.32. The summed E-state index contributed by atoms with van der Waals surface area (Å²) in [4.78, 5) is 9.58. The predicted octanol–water partition coefficient (Wildman–Crippen LogP) is 2.39. The van der Waals surface area contributed by atoms with Crippen molar-refractivity contribution in [3.05, 3.63) is 0 Å². The number of rotatable bonds is 6. The fraction of sp³-hybridized carbons (Fsp3) is 0.950. The summed E-state index contributed by atoms with van der Waals surface area (Å²) in [6.07, 6.45) is 5.25. The second-order valence-corrected chi connectivity index (χ2v) is 8.27. The molecule has 1 saturated carbocycles. The fourth-order valence-electron chi connectivity index (χ4n) is 4.21. The van der Waals surface area contributed by atoms with Crippen LogP contribution in [-0.2, 0) is 0 Å². The van der Waals surface area contributed by atoms with Crippen molar-refractivity contribution < 1.29 is 0 Å². The van der Waals surface area contributed by atoms with E-state index in [9.17, 15) is 0 Å². The molecule has 0 bridgehead atoms. The summed E-state index contributed by atoms with van der Waals surface area (Å²) in [7, 11) is 1.89. The first kappa shape index (κ1) is 20.5. The Hall–Kier alpha value is -0.810. The molecule has 2 aliphatic rings. The molecule has 1 atom stereocenters. The lowest BCUT2D eigenvalue weighted by molar-refractivity contribution is 0.107. The zero-order valence-corrected chi connectivity index (χ0v) is 17.2. The van der Waals surface area contributed by atoms with E-state index in [-0.39, 0.29) is 0 Å². The highest BCUT2D eigenvalue weighted by atomic mass is 15.3. The summed E-state index contributed by atoms with van der Waals surface area (Å²) in [5, 5.41) is 7.21. The zero-order valence-electron chi connectivity index (χ0n) is 17.2. The lowest BCUT2D eigenvalue weighted by atomic mass is 9.80. The van der Waals surface area contributed by atoms with Gasteiger partial charge >= 0.3 is 0 Å². The number of aliphatic imine (C=N–C) groups is 1. The van der Waals surface area contributed by atoms with Crippen LogP contribution in [0.2, 0.25) is 0 Å². The van der Waals surface area contributed by atoms with Crippen LogP contribution < -0.4 is 10.6 Å². The summed E-state index contributed by atoms with van der Waals surface area (Å²) >= 11 is 0. The molecule has 0 aromatic heterocycles. The van der Waals surface area contributed by atoms with Crippen molar-refractivity contribution in [1.82, 2.24) is 20.4 Å². The van der Waals surface area contributed by atoms with E-state index in [0.717, 1.165) is 24.3 Å². The quantitative estimate of drug-likeness (QED) is 0.570. The minimum Gasteiger partial charge on any atom is -0.355 e. The van der Waals surface area contributed by atoms with Gasteiger partial charge in [0.1, 0.15) is 0 Å². The van der Waals surface area contributed by atoms with Crippen molar-refractivity contribution >= 4 is 5.96 Å². The molecule has 0 spiro atoms. The minimum absolute atomic E-state index is 0.550. The Morgan fingerprint density at radius 2 is 1.68 bits per heavy atom. The second kappa shape index (κ2) is 10.4. The Morgan fingerprint density at radius 3 is 2.20 bits per heavy atom. The molecule has 2 fully saturated rings. The van der Waals surface area contributed by atoms with Crippen LogP contribution in [0, 0.1) is 11.8 Å². The maximum atomic E-state index is 4.45. The Morgan fingerprint density at radius 1 is 1.04 bits per heavy atom. The molecule has 1 aliphatic heterocycles. The average molecular weight is 352 g/mol. The number of nitrogens with zero attached hydrogens (tertiary/aromatic N) is 3. The Kier molecular flexibility index (Phi) is 8.50. The summed E-state index contributed by atoms with van der Waals surface area (Å²) < 4.78 is 0. The number of hydrogen-bond acceptors (Lipinski definition) is 3. The first-order valence-corrected chi connectivity index (χ1v) is 10.5. The van der Waals surface area contributed by atoms with E-state index >= 15 is 0 Å². The molecule has 146 valence electrons. The van der Waals surface area contributed by atoms with Gasteiger partial charge < -0.3 is 15.5 Å². The van der Waals surface area contributed by atoms with E-state index in [1.807, 2.05) is 7.05 Å². The van der Waals surface area contributed by atoms with Crippen LogP contribution in [0.5, 0.6) is 0 Å². The van der Waals surface area contributed by atoms with Gasteiger partial charge in [0.2, 0.25) is 0 Å². The predicted molar refractivity (Wildman–Crippen MR) is 108 cm³/mol. The molecule has 0 aromatic carbocycles. The summed E-state index contributed by atoms with van der Waals surface area (Å²) in [6.45, 7) is 16.2. The van der Waals surface area contributed by atoms with Crippen molar-refractivity contribution in [3.8, 4) is 0 Å². The van der Waals surface area contributed by atoms with Gasteiger partial charge in [0.05, 0.1) is 0 Å². The third kappa shape index (κ3) is 6.45. The van der Waals surface area contributed by atoms with Crippen LogP contribution in [0.15, 0.2) is 4.99 Å². The van der Waals surface area contributed by atoms with Crippen molar-refractivity contribution in [2.75, 3.05) is 46.3 Å². The minimum atomic E-state index is 0.550. The molecule has 0 amide bonds. The van der Waals surface area contributed by atoms with Crippen LogP contribution in [0.3, 0.4) is 0 Å². The van der Waals surface area contributed by atoms with E-state index in [0.29, 0.717) is 12.1 Å². The number of likely N-dealkylation sites (N-methyl/N-ethyl adjacent to an activating group) is 1. The van der Waals surface area contributed by atoms with E-state index in [1.165, 1.54) is 58.4 Å². The number of piperazine rings is 1. The largest absolute Gasteiger partial charge is 0.355 e. The molecule has 2 rings (SSSR count). The molecule has 1 unspecified atom stereocenters. The highest BCUT2D eigenvalue weighted by Gasteiger charge is 2.24. The van der Waals surface area contributed by atoms with Gasteiger partial charge in [-0.15, -0.1) is 0 Å². The van der Waals surface area contributed by atoms with Crippen molar-refractivity contribution in [2.24, 2.45) is 16.8 Å². The van der Waals surface area contributed by atoms with Crippen molar-refractivity contribution in [1.29, 1.82) is 0 Å². The van der Waals surface area contributed by atoms with E-state index < -0.39 is 0 Å². The van der Waals surface area contributed by atoms with Crippen LogP contribution in [0.4, 0.5) is 0 Å². The van der Waals surface area contributed by atoms with Gasteiger partial charge in [-0.2, -0.15) is 0 Å². The monoisotopic (exact) mass is 351 g/mol. The summed E-state index contributed by atoms with van der Waals surface area (Å²) in [5.74, 6) is 2.72. The molecule has 2 N–H and O–H groups in total. The first-order chi connectivity index (χ1) is 12.0. The Bertz CT molecular complexity index is 393. The zero-order chi connectivity index (χ0) is 18.2. The van der Waals surface area contributed by atoms with Gasteiger partial charge in [0, 0.05) is 51.9 Å². The normalized spacial score (nSPS) is 28.2. The molecule has 0 radical (unpaired) electrons. The molecule has 1 aliphatic carbocycles. The van der Waals surface area contributed by atoms with Crippen LogP contribution in [0.1, 0.15) is 53.4 Å². The molecule has 5 nitrogen and oxygen atoms in total. The maximum Gasteiger partial charge on any atom is 0.191 e. The highest BCUT2D eigenvalue weighted by Crippen LogP contribution is 2.29. The lowest BCUT2D eigenvalue weighted by Crippen LogP contribution is -2.53. The molecular formula is C20H41N5. The fourth-order valence-corrected chi connectivity index (χ4v) is 4.21. The molecule has 25 heavy (non-hydrogen) atoms. The summed E-state index contributed by atoms with van der Waals surface area (Å²) in [6, 6.07) is 1.14. The van der Waals surface area contributed by atoms with Gasteiger partial charge in [0.15, 0.2) is 5.96 Å². The highest BCUT2D eigenvalue weighted by molar-refractivity contribution is 5.80. The van der Waals surface area contributed by atoms with E-state index in [1.54, 1.807) is 0 Å². The molecular weight excluding hydrogens is 310 g/mol. The van der Waals surface area contributed by atoms with Gasteiger partial charge in [0.25, 0.3) is 0 Å². The standard InChI is InChI=1S/C20H41N5/c1-6-24-11-13-25(14-12-24)17(4)15-22-20(21-5)23-19-9-7-18(8-10-19)16(2)3/h16-19H,6-15H2,1-5H3,(H2,21,22,23). The van der Waals surface area contributed by atoms with Gasteiger partial charge in [-0.25, -0.2) is 0 Å². The molecule has 5 heteroatoms. The topological polar surface area (TPSA) is 42.9 Å². The number of nitrogens with one attached hydrogen (secondary N) is 2. The SMILES string of the molecule is CCN1CCN(C(C)CNC(=NC)NC2CCC(C(C)C)CC2)CC1. The lowest BCUT2D eigenvalue weighted by Gasteiger charge is -2.38. The number of hydrogen-bond donors (Lipinski definition) is 2. The molecule has 0 aromatic rings. The van der Waals surface area contributed by atoms with Crippen LogP contribution in [-0.4, -0.2) is 74.2 Å². The van der Waals surface area contributed by atoms with Gasteiger partial charge in [-0.3, -0.25) is 9.89 Å². The number of guanidine groups is 1. The van der Waals surface area contributed by atoms with Crippen molar-refractivity contribution in [3.63, 3.8) is 0 Å². The van der Waals surface area contributed by atoms with Crippen LogP contribution >= 0.6 is 0 Å². The molecule has 1 saturated heterocycles. The van der Waals surface area contributed by atoms with Crippen LogP contribution in [0.25, 0.3) is 0 Å². The van der Waals surface area contributed by atoms with Gasteiger partial charge in [-0.05, 0) is 51.0 Å².